The standard InChI is InChI=1S/C17H23ClO2/c1-2-6-15(19)12-20-17-10-9-14(18)11-16(17)13-7-4-3-5-8-13/h9-11,13H,2-8,12H2,1H3. The summed E-state index contributed by atoms with van der Waals surface area (Å²) in [5.41, 5.74) is 1.18. The van der Waals surface area contributed by atoms with Crippen LogP contribution in [0, 0.1) is 0 Å². The van der Waals surface area contributed by atoms with Gasteiger partial charge in [0.1, 0.15) is 12.4 Å². The zero-order valence-corrected chi connectivity index (χ0v) is 12.9. The van der Waals surface area contributed by atoms with E-state index < -0.39 is 0 Å². The lowest BCUT2D eigenvalue weighted by Crippen LogP contribution is -2.13. The molecule has 0 heterocycles. The minimum absolute atomic E-state index is 0.164. The molecule has 1 saturated carbocycles. The summed E-state index contributed by atoms with van der Waals surface area (Å²) in [5.74, 6) is 1.53. The third-order valence-electron chi connectivity index (χ3n) is 3.93. The first-order valence-corrected chi connectivity index (χ1v) is 8.02. The van der Waals surface area contributed by atoms with Crippen molar-refractivity contribution in [3.8, 4) is 5.75 Å². The number of carbonyl (C=O) groups excluding carboxylic acids is 1. The highest BCUT2D eigenvalue weighted by molar-refractivity contribution is 6.30. The van der Waals surface area contributed by atoms with Crippen molar-refractivity contribution in [2.45, 2.75) is 57.8 Å². The van der Waals surface area contributed by atoms with E-state index >= 15 is 0 Å². The minimum atomic E-state index is 0.164. The van der Waals surface area contributed by atoms with E-state index in [2.05, 4.69) is 0 Å². The van der Waals surface area contributed by atoms with Crippen LogP contribution in [0.1, 0.15) is 63.4 Å². The van der Waals surface area contributed by atoms with Gasteiger partial charge in [-0.2, -0.15) is 0 Å². The first-order valence-electron chi connectivity index (χ1n) is 7.64. The van der Waals surface area contributed by atoms with E-state index in [-0.39, 0.29) is 12.4 Å². The molecule has 0 spiro atoms. The largest absolute Gasteiger partial charge is 0.486 e. The number of ketones is 1. The maximum atomic E-state index is 11.6. The number of hydrogen-bond donors (Lipinski definition) is 0. The van der Waals surface area contributed by atoms with Crippen LogP contribution in [0.4, 0.5) is 0 Å². The molecule has 2 nitrogen and oxygen atoms in total. The zero-order chi connectivity index (χ0) is 14.4. The molecular weight excluding hydrogens is 272 g/mol. The molecule has 1 aromatic rings. The van der Waals surface area contributed by atoms with Crippen LogP contribution >= 0.6 is 11.6 Å². The molecule has 0 amide bonds. The van der Waals surface area contributed by atoms with Crippen LogP contribution in [0.25, 0.3) is 0 Å². The van der Waals surface area contributed by atoms with Crippen molar-refractivity contribution in [3.05, 3.63) is 28.8 Å². The van der Waals surface area contributed by atoms with Gasteiger partial charge in [-0.3, -0.25) is 4.79 Å². The predicted molar refractivity (Wildman–Crippen MR) is 82.7 cm³/mol. The van der Waals surface area contributed by atoms with Crippen LogP contribution in [0.15, 0.2) is 18.2 Å². The summed E-state index contributed by atoms with van der Waals surface area (Å²) < 4.78 is 5.75. The predicted octanol–water partition coefficient (Wildman–Crippen LogP) is 5.14. The Labute approximate surface area is 126 Å². The van der Waals surface area contributed by atoms with Gasteiger partial charge < -0.3 is 4.74 Å². The maximum Gasteiger partial charge on any atom is 0.170 e. The highest BCUT2D eigenvalue weighted by Gasteiger charge is 2.20. The first kappa shape index (κ1) is 15.4. The molecule has 0 aromatic heterocycles. The molecule has 0 unspecified atom stereocenters. The van der Waals surface area contributed by atoms with Crippen molar-refractivity contribution < 1.29 is 9.53 Å². The lowest BCUT2D eigenvalue weighted by molar-refractivity contribution is -0.121. The molecule has 0 radical (unpaired) electrons. The lowest BCUT2D eigenvalue weighted by Gasteiger charge is -2.24. The average Bonchev–Trinajstić information content (AvgIpc) is 2.47. The van der Waals surface area contributed by atoms with Gasteiger partial charge in [-0.15, -0.1) is 0 Å². The van der Waals surface area contributed by atoms with Crippen LogP contribution < -0.4 is 4.74 Å². The maximum absolute atomic E-state index is 11.6. The molecule has 0 N–H and O–H groups in total. The van der Waals surface area contributed by atoms with Gasteiger partial charge in [-0.1, -0.05) is 37.8 Å². The Bertz CT molecular complexity index is 450. The molecule has 2 rings (SSSR count). The Kier molecular flexibility index (Phi) is 5.90. The van der Waals surface area contributed by atoms with Gasteiger partial charge >= 0.3 is 0 Å². The quantitative estimate of drug-likeness (QED) is 0.726. The van der Waals surface area contributed by atoms with Crippen LogP contribution in [0.5, 0.6) is 5.75 Å². The highest BCUT2D eigenvalue weighted by Crippen LogP contribution is 2.38. The van der Waals surface area contributed by atoms with Gasteiger partial charge in [0.2, 0.25) is 0 Å². The SMILES string of the molecule is CCCC(=O)COc1ccc(Cl)cc1C1CCCCC1. The third-order valence-corrected chi connectivity index (χ3v) is 4.17. The number of rotatable bonds is 6. The van der Waals surface area contributed by atoms with Crippen LogP contribution in [0.2, 0.25) is 5.02 Å². The van der Waals surface area contributed by atoms with Crippen molar-refractivity contribution in [2.75, 3.05) is 6.61 Å². The molecule has 0 saturated heterocycles. The average molecular weight is 295 g/mol. The van der Waals surface area contributed by atoms with E-state index in [1.165, 1.54) is 37.7 Å². The summed E-state index contributed by atoms with van der Waals surface area (Å²) in [6.07, 6.45) is 7.71. The summed E-state index contributed by atoms with van der Waals surface area (Å²) in [7, 11) is 0. The Hall–Kier alpha value is -1.02. The summed E-state index contributed by atoms with van der Waals surface area (Å²) >= 11 is 6.13. The molecule has 1 fully saturated rings. The molecule has 0 bridgehead atoms. The second kappa shape index (κ2) is 7.68. The fourth-order valence-corrected chi connectivity index (χ4v) is 3.07. The van der Waals surface area contributed by atoms with Crippen molar-refractivity contribution in [3.63, 3.8) is 0 Å². The van der Waals surface area contributed by atoms with Gasteiger partial charge in [-0.05, 0) is 48.9 Å². The van der Waals surface area contributed by atoms with Crippen LogP contribution in [0.3, 0.4) is 0 Å². The lowest BCUT2D eigenvalue weighted by atomic mass is 9.84. The first-order chi connectivity index (χ1) is 9.70. The molecule has 1 aliphatic carbocycles. The van der Waals surface area contributed by atoms with E-state index in [1.807, 2.05) is 25.1 Å². The Morgan fingerprint density at radius 2 is 2.05 bits per heavy atom. The fourth-order valence-electron chi connectivity index (χ4n) is 2.89. The van der Waals surface area contributed by atoms with Crippen LogP contribution in [-0.4, -0.2) is 12.4 Å². The van der Waals surface area contributed by atoms with E-state index in [1.54, 1.807) is 0 Å². The molecule has 110 valence electrons. The smallest absolute Gasteiger partial charge is 0.170 e. The fraction of sp³-hybridized carbons (Fsp3) is 0.588. The number of halogens is 1. The third kappa shape index (κ3) is 4.24. The zero-order valence-electron chi connectivity index (χ0n) is 12.2. The Balaban J connectivity index is 2.08. The van der Waals surface area contributed by atoms with E-state index in [9.17, 15) is 4.79 Å². The number of Topliss-reactive ketones (excluding diaryl/α,β-unsaturated/α-hetero) is 1. The molecule has 0 aliphatic heterocycles. The van der Waals surface area contributed by atoms with Gasteiger partial charge in [0, 0.05) is 11.4 Å². The van der Waals surface area contributed by atoms with Gasteiger partial charge in [0.25, 0.3) is 0 Å². The van der Waals surface area contributed by atoms with Crippen molar-refractivity contribution in [1.29, 1.82) is 0 Å². The minimum Gasteiger partial charge on any atom is -0.486 e. The molecular formula is C17H23ClO2. The summed E-state index contributed by atoms with van der Waals surface area (Å²) in [4.78, 5) is 11.6. The normalized spacial score (nSPS) is 16.1. The molecule has 1 aliphatic rings. The van der Waals surface area contributed by atoms with E-state index in [0.717, 1.165) is 17.2 Å². The van der Waals surface area contributed by atoms with Gasteiger partial charge in [-0.25, -0.2) is 0 Å². The molecule has 1 aromatic carbocycles. The second-order valence-corrected chi connectivity index (χ2v) is 6.03. The number of hydrogen-bond acceptors (Lipinski definition) is 2. The molecule has 3 heteroatoms. The van der Waals surface area contributed by atoms with Crippen molar-refractivity contribution in [1.82, 2.24) is 0 Å². The van der Waals surface area contributed by atoms with Crippen LogP contribution in [-0.2, 0) is 4.79 Å². The Morgan fingerprint density at radius 3 is 2.75 bits per heavy atom. The van der Waals surface area contributed by atoms with E-state index in [4.69, 9.17) is 16.3 Å². The Morgan fingerprint density at radius 1 is 1.30 bits per heavy atom. The number of carbonyl (C=O) groups is 1. The summed E-state index contributed by atoms with van der Waals surface area (Å²) in [6, 6.07) is 5.76. The summed E-state index contributed by atoms with van der Waals surface area (Å²) in [5, 5.41) is 0.748. The highest BCUT2D eigenvalue weighted by atomic mass is 35.5. The number of ether oxygens (including phenoxy) is 1. The van der Waals surface area contributed by atoms with Gasteiger partial charge in [0.05, 0.1) is 0 Å². The molecule has 0 atom stereocenters. The van der Waals surface area contributed by atoms with Crippen molar-refractivity contribution in [2.24, 2.45) is 0 Å². The van der Waals surface area contributed by atoms with E-state index in [0.29, 0.717) is 12.3 Å². The summed E-state index contributed by atoms with van der Waals surface area (Å²) in [6.45, 7) is 2.18. The monoisotopic (exact) mass is 294 g/mol. The van der Waals surface area contributed by atoms with Crippen molar-refractivity contribution >= 4 is 17.4 Å². The second-order valence-electron chi connectivity index (χ2n) is 5.59. The molecule has 20 heavy (non-hydrogen) atoms. The van der Waals surface area contributed by atoms with Gasteiger partial charge in [0.15, 0.2) is 5.78 Å². The number of benzene rings is 1. The topological polar surface area (TPSA) is 26.3 Å².